The van der Waals surface area contributed by atoms with Crippen LogP contribution in [-0.2, 0) is 19.4 Å². The summed E-state index contributed by atoms with van der Waals surface area (Å²) < 4.78 is 9.17. The molecule has 31 heavy (non-hydrogen) atoms. The van der Waals surface area contributed by atoms with Gasteiger partial charge in [0.25, 0.3) is 0 Å². The van der Waals surface area contributed by atoms with Gasteiger partial charge >= 0.3 is 187 Å². The average molecular weight is 511 g/mol. The molecule has 0 aromatic heterocycles. The summed E-state index contributed by atoms with van der Waals surface area (Å²) in [4.78, 5) is 2.48. The number of hydrogen-bond acceptors (Lipinski definition) is 3. The maximum Gasteiger partial charge on any atom is -1.00 e. The SMILES string of the molecule is COc1ccc2c(c1)N(c1ccccc1)C1=C[CH]([Ti+2][N]([SiH](C)C)C(C)(C)C)CC12.[Cl-].[Cl-]. The van der Waals surface area contributed by atoms with Gasteiger partial charge in [0.2, 0.25) is 0 Å². The number of allylic oxidation sites excluding steroid dienone is 2. The van der Waals surface area contributed by atoms with Crippen molar-refractivity contribution in [3.8, 4) is 5.75 Å². The number of para-hydroxylation sites is 1. The quantitative estimate of drug-likeness (QED) is 0.530. The largest absolute Gasteiger partial charge is 1.00 e. The molecule has 4 rings (SSSR count). The molecule has 0 N–H and O–H groups in total. The number of benzene rings is 2. The Morgan fingerprint density at radius 2 is 1.74 bits per heavy atom. The fraction of sp³-hybridized carbons (Fsp3) is 0.417. The van der Waals surface area contributed by atoms with Crippen LogP contribution in [-0.4, -0.2) is 24.7 Å². The zero-order chi connectivity index (χ0) is 20.8. The molecular weight excluding hydrogens is 479 g/mol. The van der Waals surface area contributed by atoms with Crippen LogP contribution in [0, 0.1) is 0 Å². The first-order valence-corrected chi connectivity index (χ1v) is 15.0. The van der Waals surface area contributed by atoms with E-state index in [9.17, 15) is 0 Å². The van der Waals surface area contributed by atoms with Gasteiger partial charge in [-0.25, -0.2) is 0 Å². The maximum atomic E-state index is 5.54. The third-order valence-corrected chi connectivity index (χ3v) is 13.4. The zero-order valence-corrected chi connectivity index (χ0v) is 23.4. The standard InChI is InChI=1S/C18H16NO.C6H16NSi.2ClH.Ti/c1-20-14-10-11-16-15-8-5-9-17(15)19(18(16)12-14)13-6-3-2-4-7-13;1-6(2,3)7-8(4)5;;;/h2-7,9-12,15H,8H2,1H3;8H,1-5H3;2*1H;/q;-1;;;+3/p-2. The Balaban J connectivity index is 0.00000171. The second-order valence-electron chi connectivity index (χ2n) is 9.35. The Kier molecular flexibility index (Phi) is 8.94. The second kappa shape index (κ2) is 10.5. The average Bonchev–Trinajstić information content (AvgIpc) is 3.21. The molecule has 0 radical (unpaired) electrons. The van der Waals surface area contributed by atoms with Crippen LogP contribution in [0.5, 0.6) is 5.75 Å². The first kappa shape index (κ1) is 26.5. The van der Waals surface area contributed by atoms with Crippen LogP contribution in [0.4, 0.5) is 11.4 Å². The number of hydrogen-bond donors (Lipinski definition) is 0. The molecule has 7 heteroatoms. The molecule has 3 nitrogen and oxygen atoms in total. The molecule has 0 amide bonds. The molecule has 0 saturated heterocycles. The van der Waals surface area contributed by atoms with Crippen molar-refractivity contribution in [1.82, 2.24) is 3.05 Å². The molecule has 2 aliphatic rings. The maximum absolute atomic E-state index is 5.54. The zero-order valence-electron chi connectivity index (χ0n) is 19.2. The molecule has 0 fully saturated rings. The number of rotatable bonds is 5. The molecule has 2 aromatic carbocycles. The van der Waals surface area contributed by atoms with E-state index in [4.69, 9.17) is 4.74 Å². The Labute approximate surface area is 211 Å². The summed E-state index contributed by atoms with van der Waals surface area (Å²) in [6, 6.07) is 17.4. The van der Waals surface area contributed by atoms with Crippen molar-refractivity contribution in [2.24, 2.45) is 0 Å². The summed E-state index contributed by atoms with van der Waals surface area (Å²) in [5.74, 6) is 1.44. The molecule has 2 unspecified atom stereocenters. The van der Waals surface area contributed by atoms with Crippen LogP contribution in [0.1, 0.15) is 38.7 Å². The molecule has 1 heterocycles. The third kappa shape index (κ3) is 5.26. The fourth-order valence-corrected chi connectivity index (χ4v) is 10.9. The van der Waals surface area contributed by atoms with Gasteiger partial charge in [0.05, 0.1) is 0 Å². The van der Waals surface area contributed by atoms with Crippen molar-refractivity contribution in [2.45, 2.75) is 56.0 Å². The summed E-state index contributed by atoms with van der Waals surface area (Å²) >= 11 is -0.186. The number of halogens is 2. The molecular formula is C24H32Cl2N2OSiTi. The van der Waals surface area contributed by atoms with Crippen molar-refractivity contribution in [3.63, 3.8) is 0 Å². The minimum Gasteiger partial charge on any atom is -1.00 e. The topological polar surface area (TPSA) is 15.7 Å². The Hall–Kier alpha value is -0.749. The molecule has 2 atom stereocenters. The predicted molar refractivity (Wildman–Crippen MR) is 121 cm³/mol. The molecule has 166 valence electrons. The van der Waals surface area contributed by atoms with E-state index < -0.39 is 8.96 Å². The Bertz CT molecular complexity index is 918. The van der Waals surface area contributed by atoms with Gasteiger partial charge in [-0.05, 0) is 0 Å². The van der Waals surface area contributed by atoms with Crippen LogP contribution in [0.2, 0.25) is 17.3 Å². The molecule has 0 bridgehead atoms. The normalized spacial score (nSPS) is 19.2. The molecule has 2 aromatic rings. The van der Waals surface area contributed by atoms with Crippen molar-refractivity contribution in [3.05, 3.63) is 65.9 Å². The number of anilines is 2. The van der Waals surface area contributed by atoms with E-state index in [-0.39, 0.29) is 44.2 Å². The van der Waals surface area contributed by atoms with Crippen molar-refractivity contribution in [2.75, 3.05) is 12.0 Å². The summed E-state index contributed by atoms with van der Waals surface area (Å²) in [7, 11) is 0.929. The van der Waals surface area contributed by atoms with Crippen molar-refractivity contribution >= 4 is 20.3 Å². The van der Waals surface area contributed by atoms with E-state index in [1.165, 1.54) is 29.1 Å². The van der Waals surface area contributed by atoms with E-state index in [2.05, 4.69) is 96.4 Å². The van der Waals surface area contributed by atoms with E-state index in [0.717, 1.165) is 9.97 Å². The van der Waals surface area contributed by atoms with Crippen molar-refractivity contribution < 1.29 is 49.0 Å². The van der Waals surface area contributed by atoms with Gasteiger partial charge in [-0.3, -0.25) is 0 Å². The van der Waals surface area contributed by atoms with Crippen molar-refractivity contribution in [1.29, 1.82) is 0 Å². The van der Waals surface area contributed by atoms with Crippen LogP contribution in [0.15, 0.2) is 60.3 Å². The predicted octanol–water partition coefficient (Wildman–Crippen LogP) is 0.0960. The van der Waals surface area contributed by atoms with E-state index >= 15 is 0 Å². The molecule has 1 aliphatic heterocycles. The Morgan fingerprint density at radius 3 is 2.32 bits per heavy atom. The van der Waals surface area contributed by atoms with Crippen LogP contribution >= 0.6 is 0 Å². The van der Waals surface area contributed by atoms with Crippen LogP contribution in [0.3, 0.4) is 0 Å². The summed E-state index contributed by atoms with van der Waals surface area (Å²) in [5, 5.41) is 0. The minimum absolute atomic E-state index is 0. The summed E-state index contributed by atoms with van der Waals surface area (Å²) in [6.07, 6.45) is 3.87. The van der Waals surface area contributed by atoms with Gasteiger partial charge in [-0.1, -0.05) is 0 Å². The van der Waals surface area contributed by atoms with Gasteiger partial charge < -0.3 is 24.8 Å². The third-order valence-electron chi connectivity index (χ3n) is 5.89. The number of fused-ring (bicyclic) bond motifs is 3. The van der Waals surface area contributed by atoms with Gasteiger partial charge in [0, 0.05) is 0 Å². The van der Waals surface area contributed by atoms with E-state index in [1.54, 1.807) is 7.11 Å². The first-order chi connectivity index (χ1) is 13.8. The number of nitrogens with zero attached hydrogens (tertiary/aromatic N) is 2. The monoisotopic (exact) mass is 510 g/mol. The smallest absolute Gasteiger partial charge is 1.00 e. The van der Waals surface area contributed by atoms with Gasteiger partial charge in [-0.2, -0.15) is 0 Å². The van der Waals surface area contributed by atoms with Crippen LogP contribution in [0.25, 0.3) is 0 Å². The Morgan fingerprint density at radius 1 is 1.06 bits per heavy atom. The summed E-state index contributed by atoms with van der Waals surface area (Å²) in [5.41, 5.74) is 5.77. The van der Waals surface area contributed by atoms with E-state index in [1.807, 2.05) is 0 Å². The van der Waals surface area contributed by atoms with Gasteiger partial charge in [0.15, 0.2) is 0 Å². The molecule has 0 saturated carbocycles. The second-order valence-corrected chi connectivity index (χ2v) is 15.2. The van der Waals surface area contributed by atoms with E-state index in [0.29, 0.717) is 11.5 Å². The molecule has 1 aliphatic carbocycles. The minimum atomic E-state index is -0.823. The van der Waals surface area contributed by atoms with Gasteiger partial charge in [-0.15, -0.1) is 0 Å². The van der Waals surface area contributed by atoms with Crippen LogP contribution < -0.4 is 34.5 Å². The fourth-order valence-electron chi connectivity index (χ4n) is 4.81. The number of methoxy groups -OCH3 is 1. The molecule has 0 spiro atoms. The van der Waals surface area contributed by atoms with Gasteiger partial charge in [0.1, 0.15) is 0 Å². The summed E-state index contributed by atoms with van der Waals surface area (Å²) in [6.45, 7) is 12.1. The first-order valence-electron chi connectivity index (χ1n) is 10.6. The number of ether oxygens (including phenoxy) is 1.